The summed E-state index contributed by atoms with van der Waals surface area (Å²) in [7, 11) is 1.60. The van der Waals surface area contributed by atoms with Crippen molar-refractivity contribution >= 4 is 46.0 Å². The van der Waals surface area contributed by atoms with Gasteiger partial charge in [-0.15, -0.1) is 0 Å². The molecular weight excluding hydrogens is 390 g/mol. The monoisotopic (exact) mass is 413 g/mol. The van der Waals surface area contributed by atoms with E-state index in [9.17, 15) is 4.79 Å². The van der Waals surface area contributed by atoms with Crippen LogP contribution in [0.3, 0.4) is 0 Å². The Morgan fingerprint density at radius 3 is 2.46 bits per heavy atom. The number of carbonyl (C=O) groups is 1. The number of benzene rings is 2. The molecule has 1 aliphatic heterocycles. The summed E-state index contributed by atoms with van der Waals surface area (Å²) in [5, 5.41) is 0. The van der Waals surface area contributed by atoms with Gasteiger partial charge in [0.05, 0.1) is 23.8 Å². The quantitative estimate of drug-likeness (QED) is 0.478. The fourth-order valence-corrected chi connectivity index (χ4v) is 4.13. The lowest BCUT2D eigenvalue weighted by atomic mass is 10.1. The zero-order chi connectivity index (χ0) is 20.4. The number of aryl methyl sites for hydroxylation is 2. The largest absolute Gasteiger partial charge is 0.493 e. The van der Waals surface area contributed by atoms with Crippen LogP contribution < -0.4 is 14.4 Å². The highest BCUT2D eigenvalue weighted by Gasteiger charge is 2.33. The van der Waals surface area contributed by atoms with Crippen LogP contribution in [-0.2, 0) is 4.79 Å². The Bertz CT molecular complexity index is 966. The molecule has 0 saturated carbocycles. The Balaban J connectivity index is 1.90. The molecular formula is C22H23NO3S2. The van der Waals surface area contributed by atoms with Crippen molar-refractivity contribution in [3.63, 3.8) is 0 Å². The summed E-state index contributed by atoms with van der Waals surface area (Å²) in [6, 6.07) is 11.5. The average Bonchev–Trinajstić information content (AvgIpc) is 2.92. The highest BCUT2D eigenvalue weighted by atomic mass is 32.2. The first-order valence-corrected chi connectivity index (χ1v) is 10.2. The van der Waals surface area contributed by atoms with E-state index in [1.807, 2.05) is 70.2 Å². The van der Waals surface area contributed by atoms with Gasteiger partial charge in [0.2, 0.25) is 0 Å². The number of carbonyl (C=O) groups excluding carboxylic acids is 1. The lowest BCUT2D eigenvalue weighted by Crippen LogP contribution is -2.27. The summed E-state index contributed by atoms with van der Waals surface area (Å²) < 4.78 is 11.7. The topological polar surface area (TPSA) is 38.8 Å². The first-order valence-electron chi connectivity index (χ1n) is 9.00. The maximum Gasteiger partial charge on any atom is 0.270 e. The van der Waals surface area contributed by atoms with E-state index in [4.69, 9.17) is 21.7 Å². The van der Waals surface area contributed by atoms with Crippen LogP contribution in [0, 0.1) is 13.8 Å². The van der Waals surface area contributed by atoms with E-state index in [1.165, 1.54) is 17.3 Å². The Hall–Kier alpha value is -2.31. The van der Waals surface area contributed by atoms with E-state index in [2.05, 4.69) is 0 Å². The fourth-order valence-electron chi connectivity index (χ4n) is 2.83. The summed E-state index contributed by atoms with van der Waals surface area (Å²) in [5.74, 6) is 1.20. The Labute approximate surface area is 175 Å². The van der Waals surface area contributed by atoms with Crippen molar-refractivity contribution in [1.82, 2.24) is 0 Å². The van der Waals surface area contributed by atoms with E-state index in [-0.39, 0.29) is 12.0 Å². The van der Waals surface area contributed by atoms with Gasteiger partial charge >= 0.3 is 0 Å². The second kappa shape index (κ2) is 8.37. The molecule has 1 amide bonds. The van der Waals surface area contributed by atoms with Gasteiger partial charge in [0.15, 0.2) is 15.8 Å². The van der Waals surface area contributed by atoms with Crippen molar-refractivity contribution in [1.29, 1.82) is 0 Å². The zero-order valence-electron chi connectivity index (χ0n) is 16.6. The highest BCUT2D eigenvalue weighted by molar-refractivity contribution is 8.27. The van der Waals surface area contributed by atoms with Gasteiger partial charge < -0.3 is 9.47 Å². The molecule has 1 fully saturated rings. The number of anilines is 1. The summed E-state index contributed by atoms with van der Waals surface area (Å²) in [6.45, 7) is 8.00. The average molecular weight is 414 g/mol. The molecule has 0 radical (unpaired) electrons. The highest BCUT2D eigenvalue weighted by Crippen LogP contribution is 2.37. The van der Waals surface area contributed by atoms with Crippen LogP contribution in [0.1, 0.15) is 30.5 Å². The standard InChI is InChI=1S/C22H23NO3S2/c1-13(2)26-18-9-7-16(11-19(18)25-5)12-20-21(24)23(22(27)28-20)17-8-6-14(3)15(4)10-17/h6-13H,1-5H3. The summed E-state index contributed by atoms with van der Waals surface area (Å²) in [4.78, 5) is 15.2. The molecule has 0 spiro atoms. The van der Waals surface area contributed by atoms with Crippen LogP contribution in [0.4, 0.5) is 5.69 Å². The molecule has 0 bridgehead atoms. The molecule has 1 heterocycles. The van der Waals surface area contributed by atoms with Gasteiger partial charge in [0, 0.05) is 0 Å². The number of thioether (sulfide) groups is 1. The molecule has 146 valence electrons. The van der Waals surface area contributed by atoms with Crippen molar-refractivity contribution < 1.29 is 14.3 Å². The second-order valence-corrected chi connectivity index (χ2v) is 8.54. The summed E-state index contributed by atoms with van der Waals surface area (Å²) >= 11 is 6.78. The molecule has 2 aromatic carbocycles. The van der Waals surface area contributed by atoms with Gasteiger partial charge in [0.1, 0.15) is 0 Å². The van der Waals surface area contributed by atoms with Crippen LogP contribution in [-0.4, -0.2) is 23.4 Å². The molecule has 0 aliphatic carbocycles. The molecule has 0 aromatic heterocycles. The first kappa shape index (κ1) is 20.4. The Morgan fingerprint density at radius 2 is 1.82 bits per heavy atom. The molecule has 6 heteroatoms. The summed E-state index contributed by atoms with van der Waals surface area (Å²) in [6.07, 6.45) is 1.89. The van der Waals surface area contributed by atoms with Crippen LogP contribution in [0.15, 0.2) is 41.3 Å². The first-order chi connectivity index (χ1) is 13.3. The minimum absolute atomic E-state index is 0.0500. The van der Waals surface area contributed by atoms with E-state index >= 15 is 0 Å². The van der Waals surface area contributed by atoms with Crippen LogP contribution >= 0.6 is 24.0 Å². The predicted molar refractivity (Wildman–Crippen MR) is 120 cm³/mol. The number of rotatable bonds is 5. The van der Waals surface area contributed by atoms with E-state index in [0.29, 0.717) is 20.7 Å². The number of amides is 1. The zero-order valence-corrected chi connectivity index (χ0v) is 18.2. The maximum atomic E-state index is 13.0. The third kappa shape index (κ3) is 4.23. The van der Waals surface area contributed by atoms with E-state index in [0.717, 1.165) is 16.8 Å². The van der Waals surface area contributed by atoms with Gasteiger partial charge in [-0.1, -0.05) is 36.1 Å². The van der Waals surface area contributed by atoms with Crippen molar-refractivity contribution in [2.75, 3.05) is 12.0 Å². The predicted octanol–water partition coefficient (Wildman–Crippen LogP) is 5.51. The number of hydrogen-bond acceptors (Lipinski definition) is 5. The van der Waals surface area contributed by atoms with E-state index < -0.39 is 0 Å². The molecule has 0 N–H and O–H groups in total. The number of methoxy groups -OCH3 is 1. The van der Waals surface area contributed by atoms with Gasteiger partial charge in [-0.25, -0.2) is 0 Å². The number of thiocarbonyl (C=S) groups is 1. The molecule has 0 unspecified atom stereocenters. The Morgan fingerprint density at radius 1 is 1.07 bits per heavy atom. The normalized spacial score (nSPS) is 15.6. The fraction of sp³-hybridized carbons (Fsp3) is 0.273. The Kier molecular flexibility index (Phi) is 6.10. The van der Waals surface area contributed by atoms with Gasteiger partial charge in [-0.05, 0) is 74.7 Å². The smallest absolute Gasteiger partial charge is 0.270 e. The number of hydrogen-bond donors (Lipinski definition) is 0. The number of nitrogens with zero attached hydrogens (tertiary/aromatic N) is 1. The van der Waals surface area contributed by atoms with E-state index in [1.54, 1.807) is 12.0 Å². The van der Waals surface area contributed by atoms with Crippen molar-refractivity contribution in [2.24, 2.45) is 0 Å². The number of ether oxygens (including phenoxy) is 2. The molecule has 4 nitrogen and oxygen atoms in total. The second-order valence-electron chi connectivity index (χ2n) is 6.86. The minimum Gasteiger partial charge on any atom is -0.493 e. The van der Waals surface area contributed by atoms with Crippen molar-refractivity contribution in [3.05, 3.63) is 58.0 Å². The van der Waals surface area contributed by atoms with Crippen LogP contribution in [0.25, 0.3) is 6.08 Å². The van der Waals surface area contributed by atoms with Gasteiger partial charge in [-0.3, -0.25) is 9.69 Å². The SMILES string of the molecule is COc1cc(C=C2SC(=S)N(c3ccc(C)c(C)c3)C2=O)ccc1OC(C)C. The lowest BCUT2D eigenvalue weighted by Gasteiger charge is -2.16. The third-order valence-corrected chi connectivity index (χ3v) is 5.69. The lowest BCUT2D eigenvalue weighted by molar-refractivity contribution is -0.113. The van der Waals surface area contributed by atoms with Crippen molar-refractivity contribution in [2.45, 2.75) is 33.8 Å². The molecule has 2 aromatic rings. The molecule has 3 rings (SSSR count). The molecule has 1 saturated heterocycles. The van der Waals surface area contributed by atoms with Gasteiger partial charge in [-0.2, -0.15) is 0 Å². The summed E-state index contributed by atoms with van der Waals surface area (Å²) in [5.41, 5.74) is 3.96. The molecule has 1 aliphatic rings. The molecule has 0 atom stereocenters. The molecule has 28 heavy (non-hydrogen) atoms. The third-order valence-electron chi connectivity index (χ3n) is 4.39. The maximum absolute atomic E-state index is 13.0. The van der Waals surface area contributed by atoms with Crippen molar-refractivity contribution in [3.8, 4) is 11.5 Å². The minimum atomic E-state index is -0.111. The van der Waals surface area contributed by atoms with Crippen LogP contribution in [0.5, 0.6) is 11.5 Å². The van der Waals surface area contributed by atoms with Crippen LogP contribution in [0.2, 0.25) is 0 Å². The van der Waals surface area contributed by atoms with Gasteiger partial charge in [0.25, 0.3) is 5.91 Å².